The van der Waals surface area contributed by atoms with E-state index in [-0.39, 0.29) is 16.9 Å². The van der Waals surface area contributed by atoms with E-state index in [0.717, 1.165) is 127 Å². The number of morpholine rings is 1. The van der Waals surface area contributed by atoms with E-state index in [4.69, 9.17) is 25.8 Å². The molecule has 2 aromatic carbocycles. The van der Waals surface area contributed by atoms with Gasteiger partial charge >= 0.3 is 0 Å². The third-order valence-electron chi connectivity index (χ3n) is 14.1. The van der Waals surface area contributed by atoms with E-state index in [9.17, 15) is 13.2 Å². The Hall–Kier alpha value is -2.41. The molecular weight excluding hydrogens is 712 g/mol. The van der Waals surface area contributed by atoms with Crippen LogP contribution in [0.5, 0.6) is 5.75 Å². The van der Waals surface area contributed by atoms with E-state index in [2.05, 4.69) is 31.6 Å². The maximum absolute atomic E-state index is 13.7. The minimum atomic E-state index is -3.92. The molecule has 1 N–H and O–H groups in total. The molecule has 4 heterocycles. The highest BCUT2D eigenvalue weighted by Gasteiger charge is 2.51. The van der Waals surface area contributed by atoms with Gasteiger partial charge < -0.3 is 19.1 Å². The molecule has 0 unspecified atom stereocenters. The third kappa shape index (κ3) is 7.24. The number of carbonyl (C=O) groups is 1. The van der Waals surface area contributed by atoms with Gasteiger partial charge in [-0.1, -0.05) is 31.0 Å². The number of halogens is 1. The molecule has 53 heavy (non-hydrogen) atoms. The van der Waals surface area contributed by atoms with Crippen molar-refractivity contribution < 1.29 is 27.4 Å². The first-order chi connectivity index (χ1) is 25.5. The summed E-state index contributed by atoms with van der Waals surface area (Å²) in [6, 6.07) is 12.1. The number of sulfonamides is 1. The smallest absolute Gasteiger partial charge is 0.264 e. The summed E-state index contributed by atoms with van der Waals surface area (Å²) in [5, 5.41) is 0.0242. The van der Waals surface area contributed by atoms with E-state index in [0.29, 0.717) is 30.0 Å². The number of amides is 1. The molecule has 2 bridgehead atoms. The van der Waals surface area contributed by atoms with E-state index in [1.807, 2.05) is 32.2 Å². The van der Waals surface area contributed by atoms with Gasteiger partial charge in [0.1, 0.15) is 5.75 Å². The van der Waals surface area contributed by atoms with Crippen molar-refractivity contribution in [2.45, 2.75) is 87.5 Å². The molecule has 4 aliphatic heterocycles. The van der Waals surface area contributed by atoms with Gasteiger partial charge in [-0.3, -0.25) is 14.6 Å². The molecule has 2 aromatic rings. The van der Waals surface area contributed by atoms with Crippen LogP contribution in [0.3, 0.4) is 0 Å². The lowest BCUT2D eigenvalue weighted by Gasteiger charge is -2.54. The van der Waals surface area contributed by atoms with Gasteiger partial charge in [0.05, 0.1) is 36.4 Å². The minimum absolute atomic E-state index is 0.136. The summed E-state index contributed by atoms with van der Waals surface area (Å²) in [6.07, 6.45) is 7.66. The Morgan fingerprint density at radius 1 is 1.02 bits per heavy atom. The lowest BCUT2D eigenvalue weighted by Crippen LogP contribution is -2.63. The van der Waals surface area contributed by atoms with Crippen LogP contribution in [0.2, 0.25) is 5.02 Å². The number of ether oxygens (including phenoxy) is 3. The number of hydrogen-bond donors (Lipinski definition) is 1. The van der Waals surface area contributed by atoms with Gasteiger partial charge in [0, 0.05) is 75.0 Å². The fraction of sp³-hybridized carbons (Fsp3) is 0.683. The largest absolute Gasteiger partial charge is 0.490 e. The van der Waals surface area contributed by atoms with E-state index >= 15 is 0 Å². The van der Waals surface area contributed by atoms with Gasteiger partial charge in [0.15, 0.2) is 0 Å². The van der Waals surface area contributed by atoms with Gasteiger partial charge in [-0.05, 0) is 111 Å². The predicted octanol–water partition coefficient (Wildman–Crippen LogP) is 5.51. The molecule has 2 aliphatic carbocycles. The number of benzene rings is 2. The zero-order chi connectivity index (χ0) is 37.0. The summed E-state index contributed by atoms with van der Waals surface area (Å²) < 4.78 is 49.2. The molecule has 3 fully saturated rings. The number of nitrogens with one attached hydrogen (secondary N) is 1. The topological polar surface area (TPSA) is 101 Å². The standard InChI is InChI=1S/C41H57ClN4O6S/c1-28-6-4-15-41(50-3,26-44-16-17-45-18-19-51-24-34(45)23-44)36-11-8-32(36)22-46-25-40(14-5-7-30-20-33(42)10-12-35(30)40)27-52-38-13-9-31(21-37(38)46)39(47)43-53(48,49)29(28)2/h9-10,12-13,20-21,28-29,32,34,36H,4-8,11,14-19,22-27H2,1-3H3,(H,43,47)/t28-,29+,32-,34+,36+,40-,41+/m0/s1. The Balaban J connectivity index is 1.17. The van der Waals surface area contributed by atoms with Gasteiger partial charge in [0.25, 0.3) is 5.91 Å². The van der Waals surface area contributed by atoms with Crippen molar-refractivity contribution in [1.29, 1.82) is 0 Å². The molecule has 2 saturated heterocycles. The summed E-state index contributed by atoms with van der Waals surface area (Å²) in [6.45, 7) is 12.2. The molecular formula is C41H57ClN4O6S. The number of rotatable bonds is 3. The number of hydrogen-bond acceptors (Lipinski definition) is 9. The normalized spacial score (nSPS) is 35.1. The highest BCUT2D eigenvalue weighted by atomic mass is 35.5. The van der Waals surface area contributed by atoms with Crippen LogP contribution < -0.4 is 14.4 Å². The fourth-order valence-corrected chi connectivity index (χ4v) is 12.1. The molecule has 6 aliphatic rings. The Labute approximate surface area is 320 Å². The van der Waals surface area contributed by atoms with Crippen LogP contribution in [0, 0.1) is 17.8 Å². The van der Waals surface area contributed by atoms with E-state index < -0.39 is 21.2 Å². The van der Waals surface area contributed by atoms with Gasteiger partial charge in [-0.15, -0.1) is 0 Å². The Morgan fingerprint density at radius 3 is 2.70 bits per heavy atom. The minimum Gasteiger partial charge on any atom is -0.490 e. The summed E-state index contributed by atoms with van der Waals surface area (Å²) in [4.78, 5) is 21.3. The first-order valence-corrected chi connectivity index (χ1v) is 21.9. The second-order valence-corrected chi connectivity index (χ2v) is 19.5. The lowest BCUT2D eigenvalue weighted by molar-refractivity contribution is -0.140. The second-order valence-electron chi connectivity index (χ2n) is 17.1. The highest BCUT2D eigenvalue weighted by Crippen LogP contribution is 2.50. The molecule has 1 spiro atoms. The van der Waals surface area contributed by atoms with Crippen molar-refractivity contribution in [3.05, 3.63) is 58.1 Å². The first kappa shape index (κ1) is 37.5. The summed E-state index contributed by atoms with van der Waals surface area (Å²) in [7, 11) is -2.02. The quantitative estimate of drug-likeness (QED) is 0.434. The maximum Gasteiger partial charge on any atom is 0.264 e. The third-order valence-corrected chi connectivity index (χ3v) is 16.2. The number of nitrogens with zero attached hydrogens (tertiary/aromatic N) is 3. The van der Waals surface area contributed by atoms with E-state index in [1.165, 1.54) is 11.1 Å². The van der Waals surface area contributed by atoms with Crippen LogP contribution in [0.15, 0.2) is 36.4 Å². The zero-order valence-corrected chi connectivity index (χ0v) is 33.2. The number of piperazine rings is 1. The molecule has 7 atom stereocenters. The molecule has 1 saturated carbocycles. The highest BCUT2D eigenvalue weighted by molar-refractivity contribution is 7.90. The Bertz CT molecular complexity index is 1800. The predicted molar refractivity (Wildman–Crippen MR) is 208 cm³/mol. The van der Waals surface area contributed by atoms with Crippen molar-refractivity contribution in [1.82, 2.24) is 14.5 Å². The molecule has 8 rings (SSSR count). The number of methoxy groups -OCH3 is 1. The van der Waals surface area contributed by atoms with Crippen molar-refractivity contribution in [3.8, 4) is 5.75 Å². The van der Waals surface area contributed by atoms with Crippen molar-refractivity contribution in [2.75, 3.05) is 77.6 Å². The summed E-state index contributed by atoms with van der Waals surface area (Å²) in [5.74, 6) is 0.715. The average molecular weight is 769 g/mol. The second kappa shape index (κ2) is 14.9. The van der Waals surface area contributed by atoms with E-state index in [1.54, 1.807) is 13.0 Å². The van der Waals surface area contributed by atoms with Crippen LogP contribution >= 0.6 is 11.6 Å². The number of anilines is 1. The zero-order valence-electron chi connectivity index (χ0n) is 31.7. The maximum atomic E-state index is 13.7. The number of aryl methyl sites for hydroxylation is 1. The monoisotopic (exact) mass is 768 g/mol. The van der Waals surface area contributed by atoms with Crippen LogP contribution in [-0.4, -0.2) is 114 Å². The molecule has 290 valence electrons. The van der Waals surface area contributed by atoms with Gasteiger partial charge in [-0.2, -0.15) is 0 Å². The van der Waals surface area contributed by atoms with Crippen LogP contribution in [0.1, 0.15) is 80.3 Å². The van der Waals surface area contributed by atoms with Crippen molar-refractivity contribution >= 4 is 33.2 Å². The van der Waals surface area contributed by atoms with Gasteiger partial charge in [0.2, 0.25) is 10.0 Å². The van der Waals surface area contributed by atoms with Crippen LogP contribution in [-0.2, 0) is 31.3 Å². The number of carbonyl (C=O) groups excluding carboxylic acids is 1. The molecule has 12 heteroatoms. The fourth-order valence-electron chi connectivity index (χ4n) is 10.6. The van der Waals surface area contributed by atoms with Crippen LogP contribution in [0.25, 0.3) is 0 Å². The first-order valence-electron chi connectivity index (χ1n) is 20.0. The average Bonchev–Trinajstić information content (AvgIpc) is 3.28. The van der Waals surface area contributed by atoms with Crippen molar-refractivity contribution in [3.63, 3.8) is 0 Å². The molecule has 1 amide bonds. The van der Waals surface area contributed by atoms with Gasteiger partial charge in [-0.25, -0.2) is 13.1 Å². The molecule has 10 nitrogen and oxygen atoms in total. The molecule has 0 radical (unpaired) electrons. The summed E-state index contributed by atoms with van der Waals surface area (Å²) >= 11 is 6.51. The Kier molecular flexibility index (Phi) is 10.6. The summed E-state index contributed by atoms with van der Waals surface area (Å²) in [5.41, 5.74) is 3.12. The number of fused-ring (bicyclic) bond motifs is 5. The molecule has 0 aromatic heterocycles. The Morgan fingerprint density at radius 2 is 1.89 bits per heavy atom. The van der Waals surface area contributed by atoms with Crippen molar-refractivity contribution in [2.24, 2.45) is 17.8 Å². The van der Waals surface area contributed by atoms with Crippen LogP contribution in [0.4, 0.5) is 5.69 Å². The SMILES string of the molecule is CO[C@@]1(CN2CCN3CCOC[C@H]3C2)CCC[C@H](C)[C@@H](C)S(=O)(=O)NC(=O)c2ccc3c(c2)N(C[C@@H]2CC[C@H]21)C[C@@]1(CCCc2cc(Cl)ccc21)CO3. The lowest BCUT2D eigenvalue weighted by atomic mass is 9.62.